The molecule has 0 saturated heterocycles. The third-order valence-corrected chi connectivity index (χ3v) is 4.63. The molecule has 0 spiro atoms. The third-order valence-electron chi connectivity index (χ3n) is 4.02. The minimum absolute atomic E-state index is 0.262. The van der Waals surface area contributed by atoms with Crippen LogP contribution in [0.2, 0.25) is 0 Å². The van der Waals surface area contributed by atoms with E-state index in [1.165, 1.54) is 7.11 Å². The van der Waals surface area contributed by atoms with Gasteiger partial charge in [0.25, 0.3) is 5.91 Å². The van der Waals surface area contributed by atoms with Gasteiger partial charge in [0.05, 0.1) is 7.11 Å². The van der Waals surface area contributed by atoms with Gasteiger partial charge in [-0.15, -0.1) is 0 Å². The molecule has 0 saturated carbocycles. The Kier molecular flexibility index (Phi) is 4.94. The van der Waals surface area contributed by atoms with Crippen LogP contribution in [0.3, 0.4) is 0 Å². The molecule has 134 valence electrons. The quantitative estimate of drug-likeness (QED) is 0.777. The number of ether oxygens (including phenoxy) is 1. The Balaban J connectivity index is 1.98. The first-order valence-corrected chi connectivity index (χ1v) is 8.43. The van der Waals surface area contributed by atoms with Gasteiger partial charge in [-0.25, -0.2) is 4.79 Å². The summed E-state index contributed by atoms with van der Waals surface area (Å²) in [6, 6.07) is 15.1. The number of hydrogen-bond donors (Lipinski definition) is 2. The van der Waals surface area contributed by atoms with E-state index in [4.69, 9.17) is 9.57 Å². The second-order valence-corrected chi connectivity index (χ2v) is 6.38. The average Bonchev–Trinajstić information content (AvgIpc) is 3.00. The van der Waals surface area contributed by atoms with Gasteiger partial charge in [-0.05, 0) is 45.8 Å². The maximum absolute atomic E-state index is 12.6. The van der Waals surface area contributed by atoms with Crippen molar-refractivity contribution in [3.05, 3.63) is 65.7 Å². The lowest BCUT2D eigenvalue weighted by atomic mass is 9.89. The standard InChI is InChI=1S/C18H15BrN2O5/c1-25-13-9-7-11(8-10-13)14-15(19)21-26-18(14,17(23)24)20-16(22)12-5-3-2-4-6-12/h2-10,14H,1H3,(H,20,22)(H,23,24)/t14-,18-/m0/s1. The number of methoxy groups -OCH3 is 1. The van der Waals surface area contributed by atoms with Crippen molar-refractivity contribution in [3.8, 4) is 5.75 Å². The highest BCUT2D eigenvalue weighted by Gasteiger charge is 2.57. The number of carboxylic acid groups (broad SMARTS) is 1. The van der Waals surface area contributed by atoms with E-state index in [1.807, 2.05) is 0 Å². The number of benzene rings is 2. The van der Waals surface area contributed by atoms with Gasteiger partial charge in [-0.2, -0.15) is 0 Å². The topological polar surface area (TPSA) is 97.2 Å². The van der Waals surface area contributed by atoms with Crippen LogP contribution < -0.4 is 10.1 Å². The van der Waals surface area contributed by atoms with Crippen molar-refractivity contribution in [1.82, 2.24) is 5.32 Å². The molecule has 3 rings (SSSR count). The molecule has 1 aliphatic rings. The molecular formula is C18H15BrN2O5. The summed E-state index contributed by atoms with van der Waals surface area (Å²) in [5.74, 6) is -2.18. The van der Waals surface area contributed by atoms with Gasteiger partial charge in [0.15, 0.2) is 0 Å². The molecule has 2 N–H and O–H groups in total. The molecular weight excluding hydrogens is 404 g/mol. The van der Waals surface area contributed by atoms with Crippen LogP contribution in [0.4, 0.5) is 0 Å². The number of carbonyl (C=O) groups is 2. The molecule has 0 radical (unpaired) electrons. The lowest BCUT2D eigenvalue weighted by Gasteiger charge is -2.29. The largest absolute Gasteiger partial charge is 0.497 e. The molecule has 1 aliphatic heterocycles. The fraction of sp³-hybridized carbons (Fsp3) is 0.167. The van der Waals surface area contributed by atoms with E-state index in [0.717, 1.165) is 0 Å². The van der Waals surface area contributed by atoms with Gasteiger partial charge >= 0.3 is 11.7 Å². The zero-order chi connectivity index (χ0) is 18.7. The van der Waals surface area contributed by atoms with Crippen molar-refractivity contribution in [1.29, 1.82) is 0 Å². The molecule has 2 aromatic carbocycles. The summed E-state index contributed by atoms with van der Waals surface area (Å²) in [5.41, 5.74) is -1.16. The van der Waals surface area contributed by atoms with Gasteiger partial charge in [0.1, 0.15) is 16.3 Å². The number of hydrogen-bond acceptors (Lipinski definition) is 5. The van der Waals surface area contributed by atoms with Crippen LogP contribution in [0.5, 0.6) is 5.75 Å². The van der Waals surface area contributed by atoms with E-state index in [1.54, 1.807) is 54.6 Å². The Morgan fingerprint density at radius 3 is 2.42 bits per heavy atom. The number of carboxylic acids is 1. The summed E-state index contributed by atoms with van der Waals surface area (Å²) < 4.78 is 5.38. The number of carbonyl (C=O) groups excluding carboxylic acids is 1. The Bertz CT molecular complexity index is 854. The smallest absolute Gasteiger partial charge is 0.373 e. The molecule has 2 atom stereocenters. The lowest BCUT2D eigenvalue weighted by Crippen LogP contribution is -2.58. The molecule has 7 nitrogen and oxygen atoms in total. The van der Waals surface area contributed by atoms with Crippen molar-refractivity contribution < 1.29 is 24.3 Å². The average molecular weight is 419 g/mol. The molecule has 0 unspecified atom stereocenters. The molecule has 0 bridgehead atoms. The van der Waals surface area contributed by atoms with E-state index in [2.05, 4.69) is 26.4 Å². The molecule has 1 heterocycles. The maximum Gasteiger partial charge on any atom is 0.373 e. The lowest BCUT2D eigenvalue weighted by molar-refractivity contribution is -0.167. The highest BCUT2D eigenvalue weighted by molar-refractivity contribution is 9.18. The second-order valence-electron chi connectivity index (χ2n) is 5.57. The van der Waals surface area contributed by atoms with Crippen LogP contribution in [0.15, 0.2) is 59.8 Å². The van der Waals surface area contributed by atoms with Gasteiger partial charge in [-0.3, -0.25) is 4.79 Å². The molecule has 26 heavy (non-hydrogen) atoms. The monoisotopic (exact) mass is 418 g/mol. The molecule has 0 aromatic heterocycles. The van der Waals surface area contributed by atoms with E-state index in [9.17, 15) is 14.7 Å². The SMILES string of the molecule is COc1ccc([C@H]2C(Br)=NO[C@]2(NC(=O)c2ccccc2)C(=O)O)cc1. The summed E-state index contributed by atoms with van der Waals surface area (Å²) in [6.07, 6.45) is 0. The fourth-order valence-electron chi connectivity index (χ4n) is 2.70. The van der Waals surface area contributed by atoms with Crippen LogP contribution in [0, 0.1) is 0 Å². The summed E-state index contributed by atoms with van der Waals surface area (Å²) in [5, 5.41) is 16.1. The van der Waals surface area contributed by atoms with Crippen LogP contribution in [-0.4, -0.2) is 34.4 Å². The Morgan fingerprint density at radius 1 is 1.19 bits per heavy atom. The minimum Gasteiger partial charge on any atom is -0.497 e. The van der Waals surface area contributed by atoms with Crippen LogP contribution >= 0.6 is 15.9 Å². The third kappa shape index (κ3) is 3.15. The predicted molar refractivity (Wildman–Crippen MR) is 97.5 cm³/mol. The minimum atomic E-state index is -2.07. The van der Waals surface area contributed by atoms with E-state index in [-0.39, 0.29) is 4.62 Å². The number of amides is 1. The summed E-state index contributed by atoms with van der Waals surface area (Å²) >= 11 is 3.25. The van der Waals surface area contributed by atoms with Crippen molar-refractivity contribution in [2.75, 3.05) is 7.11 Å². The summed E-state index contributed by atoms with van der Waals surface area (Å²) in [6.45, 7) is 0. The highest BCUT2D eigenvalue weighted by atomic mass is 79.9. The molecule has 1 amide bonds. The summed E-state index contributed by atoms with van der Waals surface area (Å²) in [4.78, 5) is 29.8. The number of oxime groups is 1. The summed E-state index contributed by atoms with van der Waals surface area (Å²) in [7, 11) is 1.53. The molecule has 0 aliphatic carbocycles. The number of rotatable bonds is 5. The van der Waals surface area contributed by atoms with Crippen molar-refractivity contribution in [2.24, 2.45) is 5.16 Å². The van der Waals surface area contributed by atoms with E-state index in [0.29, 0.717) is 16.9 Å². The maximum atomic E-state index is 12.6. The van der Waals surface area contributed by atoms with E-state index >= 15 is 0 Å². The predicted octanol–water partition coefficient (Wildman–Crippen LogP) is 2.73. The van der Waals surface area contributed by atoms with Gasteiger partial charge in [-0.1, -0.05) is 35.5 Å². The Morgan fingerprint density at radius 2 is 1.85 bits per heavy atom. The van der Waals surface area contributed by atoms with E-state index < -0.39 is 23.5 Å². The van der Waals surface area contributed by atoms with Crippen molar-refractivity contribution in [2.45, 2.75) is 11.6 Å². The first-order chi connectivity index (χ1) is 12.5. The van der Waals surface area contributed by atoms with Gasteiger partial charge in [0, 0.05) is 5.56 Å². The second kappa shape index (κ2) is 7.17. The first-order valence-electron chi connectivity index (χ1n) is 7.64. The molecule has 2 aromatic rings. The highest BCUT2D eigenvalue weighted by Crippen LogP contribution is 2.39. The zero-order valence-corrected chi connectivity index (χ0v) is 15.3. The zero-order valence-electron chi connectivity index (χ0n) is 13.7. The number of nitrogens with one attached hydrogen (secondary N) is 1. The van der Waals surface area contributed by atoms with Crippen LogP contribution in [0.25, 0.3) is 0 Å². The normalized spacial score (nSPS) is 21.5. The number of aliphatic carboxylic acids is 1. The van der Waals surface area contributed by atoms with Gasteiger partial charge in [0.2, 0.25) is 0 Å². The van der Waals surface area contributed by atoms with Gasteiger partial charge < -0.3 is 20.0 Å². The Hall–Kier alpha value is -2.87. The van der Waals surface area contributed by atoms with Crippen molar-refractivity contribution >= 4 is 32.4 Å². The Labute approximate surface area is 157 Å². The number of nitrogens with zero attached hydrogens (tertiary/aromatic N) is 1. The number of halogens is 1. The first kappa shape index (κ1) is 17.9. The van der Waals surface area contributed by atoms with Crippen LogP contribution in [0.1, 0.15) is 21.8 Å². The van der Waals surface area contributed by atoms with Crippen LogP contribution in [-0.2, 0) is 9.63 Å². The fourth-order valence-corrected chi connectivity index (χ4v) is 3.36. The molecule has 0 fully saturated rings. The van der Waals surface area contributed by atoms with Crippen molar-refractivity contribution in [3.63, 3.8) is 0 Å². The molecule has 8 heteroatoms.